The molecule has 0 aliphatic rings. The van der Waals surface area contributed by atoms with E-state index < -0.39 is 11.4 Å². The molecule has 2 N–H and O–H groups in total. The normalized spacial score (nSPS) is 11.7. The van der Waals surface area contributed by atoms with E-state index in [0.717, 1.165) is 16.6 Å². The Kier molecular flexibility index (Phi) is 6.02. The van der Waals surface area contributed by atoms with Crippen LogP contribution in [-0.2, 0) is 11.3 Å². The predicted molar refractivity (Wildman–Crippen MR) is 83.0 cm³/mol. The van der Waals surface area contributed by atoms with Crippen LogP contribution in [0.15, 0.2) is 22.7 Å². The number of carboxylic acids is 1. The molecule has 0 amide bonds. The second-order valence-corrected chi connectivity index (χ2v) is 6.62. The van der Waals surface area contributed by atoms with Gasteiger partial charge in [0.25, 0.3) is 0 Å². The lowest BCUT2D eigenvalue weighted by molar-refractivity contribution is -0.148. The van der Waals surface area contributed by atoms with Crippen LogP contribution >= 0.6 is 15.9 Å². The molecule has 0 aliphatic heterocycles. The highest BCUT2D eigenvalue weighted by Gasteiger charge is 2.28. The molecule has 0 saturated carbocycles. The lowest BCUT2D eigenvalue weighted by Crippen LogP contribution is -2.30. The van der Waals surface area contributed by atoms with Crippen LogP contribution in [0.25, 0.3) is 0 Å². The monoisotopic (exact) mass is 343 g/mol. The van der Waals surface area contributed by atoms with Gasteiger partial charge in [0.05, 0.1) is 5.41 Å². The van der Waals surface area contributed by atoms with Crippen molar-refractivity contribution in [2.75, 3.05) is 6.61 Å². The largest absolute Gasteiger partial charge is 0.492 e. The van der Waals surface area contributed by atoms with Crippen LogP contribution in [0.2, 0.25) is 0 Å². The summed E-state index contributed by atoms with van der Waals surface area (Å²) in [5.41, 5.74) is 0.188. The van der Waals surface area contributed by atoms with Crippen LogP contribution in [0.3, 0.4) is 0 Å². The van der Waals surface area contributed by atoms with Gasteiger partial charge in [-0.2, -0.15) is 0 Å². The zero-order valence-corrected chi connectivity index (χ0v) is 14.0. The summed E-state index contributed by atoms with van der Waals surface area (Å²) in [6, 6.07) is 6.08. The van der Waals surface area contributed by atoms with Crippen LogP contribution in [0.1, 0.15) is 33.3 Å². The van der Waals surface area contributed by atoms with Crippen LogP contribution in [0, 0.1) is 5.41 Å². The maximum atomic E-state index is 11.0. The van der Waals surface area contributed by atoms with E-state index in [9.17, 15) is 4.79 Å². The van der Waals surface area contributed by atoms with Gasteiger partial charge in [0.1, 0.15) is 12.4 Å². The fourth-order valence-corrected chi connectivity index (χ4v) is 1.80. The molecule has 0 aliphatic carbocycles. The molecular formula is C15H22BrNO3. The molecule has 112 valence electrons. The van der Waals surface area contributed by atoms with E-state index in [0.29, 0.717) is 11.8 Å². The third-order valence-corrected chi connectivity index (χ3v) is 3.67. The molecule has 0 bridgehead atoms. The molecule has 0 aromatic heterocycles. The Balaban J connectivity index is 2.72. The summed E-state index contributed by atoms with van der Waals surface area (Å²) in [6.45, 7) is 8.34. The van der Waals surface area contributed by atoms with Crippen LogP contribution < -0.4 is 10.1 Å². The fourth-order valence-electron chi connectivity index (χ4n) is 1.42. The lowest BCUT2D eigenvalue weighted by atomic mass is 9.95. The van der Waals surface area contributed by atoms with Gasteiger partial charge in [0, 0.05) is 17.1 Å². The maximum Gasteiger partial charge on any atom is 0.312 e. The predicted octanol–water partition coefficient (Wildman–Crippen LogP) is 3.44. The molecular weight excluding hydrogens is 322 g/mol. The van der Waals surface area contributed by atoms with Gasteiger partial charge >= 0.3 is 5.97 Å². The quantitative estimate of drug-likeness (QED) is 0.796. The first kappa shape index (κ1) is 17.0. The summed E-state index contributed by atoms with van der Waals surface area (Å²) >= 11 is 3.50. The summed E-state index contributed by atoms with van der Waals surface area (Å²) in [5.74, 6) is -0.181. The van der Waals surface area contributed by atoms with Gasteiger partial charge < -0.3 is 15.2 Å². The third kappa shape index (κ3) is 5.13. The van der Waals surface area contributed by atoms with Crippen LogP contribution in [0.4, 0.5) is 0 Å². The highest BCUT2D eigenvalue weighted by atomic mass is 79.9. The molecule has 4 nitrogen and oxygen atoms in total. The van der Waals surface area contributed by atoms with Crippen molar-refractivity contribution in [3.8, 4) is 5.75 Å². The number of benzene rings is 1. The molecule has 1 aromatic carbocycles. The highest BCUT2D eigenvalue weighted by Crippen LogP contribution is 2.24. The first-order valence-corrected chi connectivity index (χ1v) is 7.39. The van der Waals surface area contributed by atoms with E-state index in [1.807, 2.05) is 18.2 Å². The minimum Gasteiger partial charge on any atom is -0.492 e. The van der Waals surface area contributed by atoms with Gasteiger partial charge in [-0.05, 0) is 37.6 Å². The Morgan fingerprint density at radius 1 is 1.45 bits per heavy atom. The zero-order valence-electron chi connectivity index (χ0n) is 12.4. The molecule has 0 heterocycles. The molecule has 0 atom stereocenters. The summed E-state index contributed by atoms with van der Waals surface area (Å²) in [7, 11) is 0. The van der Waals surface area contributed by atoms with E-state index >= 15 is 0 Å². The van der Waals surface area contributed by atoms with Gasteiger partial charge in [-0.15, -0.1) is 0 Å². The van der Waals surface area contributed by atoms with Crippen LogP contribution in [-0.4, -0.2) is 23.7 Å². The number of hydrogen-bond acceptors (Lipinski definition) is 3. The molecule has 0 unspecified atom stereocenters. The average molecular weight is 344 g/mol. The van der Waals surface area contributed by atoms with Crippen molar-refractivity contribution in [2.45, 2.75) is 40.3 Å². The molecule has 0 spiro atoms. The minimum atomic E-state index is -0.899. The van der Waals surface area contributed by atoms with E-state index in [-0.39, 0.29) is 6.61 Å². The minimum absolute atomic E-state index is 0.140. The first-order valence-electron chi connectivity index (χ1n) is 6.60. The molecule has 1 aromatic rings. The van der Waals surface area contributed by atoms with E-state index in [4.69, 9.17) is 9.84 Å². The second kappa shape index (κ2) is 7.09. The number of hydrogen-bond donors (Lipinski definition) is 2. The molecule has 1 rings (SSSR count). The Labute approximate surface area is 128 Å². The highest BCUT2D eigenvalue weighted by molar-refractivity contribution is 9.10. The van der Waals surface area contributed by atoms with Crippen molar-refractivity contribution >= 4 is 21.9 Å². The number of aliphatic carboxylic acids is 1. The van der Waals surface area contributed by atoms with Gasteiger partial charge in [-0.3, -0.25) is 4.79 Å². The number of ether oxygens (including phenoxy) is 1. The number of carboxylic acid groups (broad SMARTS) is 1. The van der Waals surface area contributed by atoms with Crippen molar-refractivity contribution in [2.24, 2.45) is 5.41 Å². The van der Waals surface area contributed by atoms with Crippen molar-refractivity contribution in [1.82, 2.24) is 5.32 Å². The number of rotatable bonds is 7. The van der Waals surface area contributed by atoms with E-state index in [1.165, 1.54) is 0 Å². The van der Waals surface area contributed by atoms with Gasteiger partial charge in [0.15, 0.2) is 0 Å². The van der Waals surface area contributed by atoms with Gasteiger partial charge in [0.2, 0.25) is 0 Å². The molecule has 20 heavy (non-hydrogen) atoms. The topological polar surface area (TPSA) is 58.6 Å². The molecule has 0 radical (unpaired) electrons. The molecule has 0 fully saturated rings. The Hall–Kier alpha value is -1.07. The van der Waals surface area contributed by atoms with Crippen molar-refractivity contribution in [1.29, 1.82) is 0 Å². The van der Waals surface area contributed by atoms with Crippen molar-refractivity contribution in [3.05, 3.63) is 28.2 Å². The fraction of sp³-hybridized carbons (Fsp3) is 0.533. The summed E-state index contributed by atoms with van der Waals surface area (Å²) < 4.78 is 6.61. The standard InChI is InChI=1S/C15H22BrNO3/c1-10(2)17-8-11-7-12(5-6-13(11)16)20-9-15(3,4)14(18)19/h5-7,10,17H,8-9H2,1-4H3,(H,18,19). The lowest BCUT2D eigenvalue weighted by Gasteiger charge is -2.20. The van der Waals surface area contributed by atoms with Gasteiger partial charge in [-0.1, -0.05) is 29.8 Å². The maximum absolute atomic E-state index is 11.0. The summed E-state index contributed by atoms with van der Waals surface area (Å²) in [6.07, 6.45) is 0. The SMILES string of the molecule is CC(C)NCc1cc(OCC(C)(C)C(=O)O)ccc1Br. The van der Waals surface area contributed by atoms with Crippen molar-refractivity contribution < 1.29 is 14.6 Å². The number of halogens is 1. The second-order valence-electron chi connectivity index (χ2n) is 5.77. The Bertz CT molecular complexity index is 472. The third-order valence-electron chi connectivity index (χ3n) is 2.90. The van der Waals surface area contributed by atoms with Crippen molar-refractivity contribution in [3.63, 3.8) is 0 Å². The number of nitrogens with one attached hydrogen (secondary N) is 1. The average Bonchev–Trinajstić information content (AvgIpc) is 2.36. The summed E-state index contributed by atoms with van der Waals surface area (Å²) in [5, 5.41) is 12.4. The van der Waals surface area contributed by atoms with Gasteiger partial charge in [-0.25, -0.2) is 0 Å². The molecule has 5 heteroatoms. The number of carbonyl (C=O) groups is 1. The molecule has 0 saturated heterocycles. The van der Waals surface area contributed by atoms with E-state index in [2.05, 4.69) is 35.1 Å². The smallest absolute Gasteiger partial charge is 0.312 e. The van der Waals surface area contributed by atoms with Crippen LogP contribution in [0.5, 0.6) is 5.75 Å². The Morgan fingerprint density at radius 2 is 2.10 bits per heavy atom. The first-order chi connectivity index (χ1) is 9.22. The van der Waals surface area contributed by atoms with E-state index in [1.54, 1.807) is 13.8 Å². The summed E-state index contributed by atoms with van der Waals surface area (Å²) in [4.78, 5) is 11.0. The zero-order chi connectivity index (χ0) is 15.3. The Morgan fingerprint density at radius 3 is 2.65 bits per heavy atom.